The predicted octanol–water partition coefficient (Wildman–Crippen LogP) is 4.83. The van der Waals surface area contributed by atoms with Gasteiger partial charge in [0.25, 0.3) is 0 Å². The minimum atomic E-state index is 0.00926. The van der Waals surface area contributed by atoms with Crippen molar-refractivity contribution >= 4 is 16.7 Å². The fourth-order valence-electron chi connectivity index (χ4n) is 4.32. The Morgan fingerprint density at radius 2 is 1.94 bits per heavy atom. The van der Waals surface area contributed by atoms with Crippen molar-refractivity contribution in [2.45, 2.75) is 59.0 Å². The molecule has 0 aliphatic heterocycles. The summed E-state index contributed by atoms with van der Waals surface area (Å²) in [5, 5.41) is 32.0. The Morgan fingerprint density at radius 3 is 2.68 bits per heavy atom. The number of aryl methyl sites for hydroxylation is 1. The number of phenolic OH excluding ortho intramolecular Hbond substituents is 1. The van der Waals surface area contributed by atoms with Crippen LogP contribution >= 0.6 is 0 Å². The number of hydrogen-bond acceptors (Lipinski definition) is 7. The number of phenols is 1. The molecule has 1 saturated carbocycles. The minimum Gasteiger partial charge on any atom is -0.508 e. The van der Waals surface area contributed by atoms with Gasteiger partial charge in [-0.15, -0.1) is 0 Å². The van der Waals surface area contributed by atoms with Gasteiger partial charge in [-0.1, -0.05) is 24.2 Å². The van der Waals surface area contributed by atoms with E-state index in [0.717, 1.165) is 48.1 Å². The van der Waals surface area contributed by atoms with Crippen molar-refractivity contribution in [3.8, 4) is 5.75 Å². The summed E-state index contributed by atoms with van der Waals surface area (Å²) in [5.41, 5.74) is 6.00. The maximum atomic E-state index is 10.3. The molecule has 164 valence electrons. The minimum absolute atomic E-state index is 0.00926. The van der Waals surface area contributed by atoms with Crippen molar-refractivity contribution in [2.75, 3.05) is 6.61 Å². The first-order valence-corrected chi connectivity index (χ1v) is 10.7. The van der Waals surface area contributed by atoms with Crippen molar-refractivity contribution in [2.24, 2.45) is 10.6 Å². The third-order valence-corrected chi connectivity index (χ3v) is 6.52. The molecule has 0 spiro atoms. The summed E-state index contributed by atoms with van der Waals surface area (Å²) < 4.78 is 4.73. The molecule has 0 unspecified atom stereocenters. The number of aromatic nitrogens is 2. The zero-order chi connectivity index (χ0) is 22.0. The fourth-order valence-corrected chi connectivity index (χ4v) is 4.32. The molecule has 31 heavy (non-hydrogen) atoms. The zero-order valence-electron chi connectivity index (χ0n) is 18.3. The third kappa shape index (κ3) is 4.56. The Hall–Kier alpha value is -2.93. The number of oxime groups is 1. The van der Waals surface area contributed by atoms with E-state index in [1.165, 1.54) is 5.56 Å². The number of hydrogen-bond donors (Lipinski definition) is 2. The van der Waals surface area contributed by atoms with Gasteiger partial charge in [0.1, 0.15) is 23.4 Å². The van der Waals surface area contributed by atoms with Crippen LogP contribution in [0.25, 0.3) is 11.0 Å². The van der Waals surface area contributed by atoms with E-state index in [1.807, 2.05) is 32.0 Å². The molecule has 1 aromatic heterocycles. The molecule has 2 N–H and O–H groups in total. The summed E-state index contributed by atoms with van der Waals surface area (Å²) in [5.74, 6) is 0.634. The average Bonchev–Trinajstić information content (AvgIpc) is 3.24. The molecule has 0 bridgehead atoms. The maximum absolute atomic E-state index is 10.3. The monoisotopic (exact) mass is 423 g/mol. The van der Waals surface area contributed by atoms with Gasteiger partial charge in [0.05, 0.1) is 5.71 Å². The van der Waals surface area contributed by atoms with Crippen LogP contribution in [0.15, 0.2) is 40.1 Å². The van der Waals surface area contributed by atoms with Crippen LogP contribution in [0.4, 0.5) is 0 Å². The largest absolute Gasteiger partial charge is 0.508 e. The van der Waals surface area contributed by atoms with E-state index in [0.29, 0.717) is 23.6 Å². The molecule has 7 nitrogen and oxygen atoms in total. The summed E-state index contributed by atoms with van der Waals surface area (Å²) in [7, 11) is 0. The van der Waals surface area contributed by atoms with E-state index in [9.17, 15) is 10.2 Å². The highest BCUT2D eigenvalue weighted by Crippen LogP contribution is 2.44. The fraction of sp³-hybridized carbons (Fsp3) is 0.458. The molecule has 1 aliphatic carbocycles. The van der Waals surface area contributed by atoms with Gasteiger partial charge in [0, 0.05) is 12.2 Å². The third-order valence-electron chi connectivity index (χ3n) is 6.52. The van der Waals surface area contributed by atoms with Crippen LogP contribution in [-0.4, -0.2) is 32.8 Å². The van der Waals surface area contributed by atoms with Gasteiger partial charge in [-0.3, -0.25) is 0 Å². The van der Waals surface area contributed by atoms with Crippen molar-refractivity contribution in [1.29, 1.82) is 0 Å². The Bertz CT molecular complexity index is 1100. The Labute approximate surface area is 181 Å². The van der Waals surface area contributed by atoms with E-state index in [-0.39, 0.29) is 17.8 Å². The highest BCUT2D eigenvalue weighted by Gasteiger charge is 2.32. The SMILES string of the molecule is CC(=NOCc1ccc2nonc2c1)c1cc(O)c(C)cc1[C@H]1CC[C@](C)(CO)CC1. The van der Waals surface area contributed by atoms with Crippen LogP contribution in [0.1, 0.15) is 67.7 Å². The molecule has 7 heteroatoms. The maximum Gasteiger partial charge on any atom is 0.142 e. The van der Waals surface area contributed by atoms with E-state index >= 15 is 0 Å². The van der Waals surface area contributed by atoms with Gasteiger partial charge in [-0.25, -0.2) is 4.63 Å². The molecule has 2 aromatic carbocycles. The Morgan fingerprint density at radius 1 is 1.19 bits per heavy atom. The second kappa shape index (κ2) is 8.67. The molecular weight excluding hydrogens is 394 g/mol. The molecule has 1 fully saturated rings. The van der Waals surface area contributed by atoms with Gasteiger partial charge in [-0.05, 0) is 96.1 Å². The highest BCUT2D eigenvalue weighted by atomic mass is 16.6. The van der Waals surface area contributed by atoms with Gasteiger partial charge >= 0.3 is 0 Å². The van der Waals surface area contributed by atoms with Crippen molar-refractivity contribution in [1.82, 2.24) is 10.3 Å². The quantitative estimate of drug-likeness (QED) is 0.435. The van der Waals surface area contributed by atoms with Crippen molar-refractivity contribution < 1.29 is 19.7 Å². The molecule has 0 saturated heterocycles. The number of aliphatic hydroxyl groups is 1. The molecular formula is C24H29N3O4. The summed E-state index contributed by atoms with van der Waals surface area (Å²) in [6, 6.07) is 9.46. The van der Waals surface area contributed by atoms with Crippen LogP contribution in [0.3, 0.4) is 0 Å². The molecule has 4 rings (SSSR count). The summed E-state index contributed by atoms with van der Waals surface area (Å²) in [6.45, 7) is 6.50. The van der Waals surface area contributed by atoms with Gasteiger partial charge < -0.3 is 15.1 Å². The molecule has 1 heterocycles. The number of aromatic hydroxyl groups is 1. The first-order chi connectivity index (χ1) is 14.9. The number of aliphatic hydroxyl groups excluding tert-OH is 1. The van der Waals surface area contributed by atoms with Crippen LogP contribution in [0.5, 0.6) is 5.75 Å². The standard InChI is InChI=1S/C24H29N3O4/c1-15-10-20(18-6-8-24(3,14-28)9-7-18)19(12-23(15)29)16(2)25-30-13-17-4-5-21-22(11-17)27-31-26-21/h4-5,10-12,18,28-29H,6-9,13-14H2,1-3H3/t18-,24-. The lowest BCUT2D eigenvalue weighted by Crippen LogP contribution is -2.27. The number of rotatable bonds is 6. The average molecular weight is 424 g/mol. The summed E-state index contributed by atoms with van der Waals surface area (Å²) in [6.07, 6.45) is 3.99. The summed E-state index contributed by atoms with van der Waals surface area (Å²) in [4.78, 5) is 5.62. The van der Waals surface area contributed by atoms with Gasteiger partial charge in [0.2, 0.25) is 0 Å². The van der Waals surface area contributed by atoms with Crippen LogP contribution in [-0.2, 0) is 11.4 Å². The van der Waals surface area contributed by atoms with Crippen LogP contribution in [0.2, 0.25) is 0 Å². The van der Waals surface area contributed by atoms with Crippen LogP contribution in [0, 0.1) is 12.3 Å². The molecule has 0 atom stereocenters. The molecule has 0 amide bonds. The number of nitrogens with zero attached hydrogens (tertiary/aromatic N) is 3. The van der Waals surface area contributed by atoms with Crippen LogP contribution < -0.4 is 0 Å². The molecule has 0 radical (unpaired) electrons. The van der Waals surface area contributed by atoms with E-state index in [4.69, 9.17) is 9.47 Å². The topological polar surface area (TPSA) is 101 Å². The highest BCUT2D eigenvalue weighted by molar-refractivity contribution is 6.00. The second-order valence-corrected chi connectivity index (χ2v) is 9.01. The number of benzene rings is 2. The lowest BCUT2D eigenvalue weighted by molar-refractivity contribution is 0.0934. The second-order valence-electron chi connectivity index (χ2n) is 9.01. The van der Waals surface area contributed by atoms with E-state index < -0.39 is 0 Å². The van der Waals surface area contributed by atoms with Crippen molar-refractivity contribution in [3.63, 3.8) is 0 Å². The first-order valence-electron chi connectivity index (χ1n) is 10.7. The number of fused-ring (bicyclic) bond motifs is 1. The van der Waals surface area contributed by atoms with E-state index in [1.54, 1.807) is 6.07 Å². The zero-order valence-corrected chi connectivity index (χ0v) is 18.3. The smallest absolute Gasteiger partial charge is 0.142 e. The van der Waals surface area contributed by atoms with Gasteiger partial charge in [0.15, 0.2) is 0 Å². The molecule has 3 aromatic rings. The predicted molar refractivity (Wildman–Crippen MR) is 118 cm³/mol. The van der Waals surface area contributed by atoms with Crippen molar-refractivity contribution in [3.05, 3.63) is 52.6 Å². The lowest BCUT2D eigenvalue weighted by Gasteiger charge is -2.36. The van der Waals surface area contributed by atoms with E-state index in [2.05, 4.69) is 28.5 Å². The lowest BCUT2D eigenvalue weighted by atomic mass is 9.69. The Kier molecular flexibility index (Phi) is 5.96. The Balaban J connectivity index is 1.52. The van der Waals surface area contributed by atoms with Gasteiger partial charge in [-0.2, -0.15) is 0 Å². The molecule has 1 aliphatic rings. The summed E-state index contributed by atoms with van der Waals surface area (Å²) >= 11 is 0. The normalized spacial score (nSPS) is 22.1. The first kappa shape index (κ1) is 21.3.